The molecule has 2 rings (SSSR count). The van der Waals surface area contributed by atoms with E-state index in [0.29, 0.717) is 17.0 Å². The molecule has 1 heterocycles. The Labute approximate surface area is 99.1 Å². The number of nitrogens with two attached hydrogens (primary N) is 1. The lowest BCUT2D eigenvalue weighted by Crippen LogP contribution is -2.14. The van der Waals surface area contributed by atoms with E-state index in [1.165, 1.54) is 13.2 Å². The van der Waals surface area contributed by atoms with Crippen LogP contribution in [0.15, 0.2) is 42.6 Å². The van der Waals surface area contributed by atoms with Gasteiger partial charge in [0, 0.05) is 17.8 Å². The molecule has 1 aromatic heterocycles. The molecule has 2 N–H and O–H groups in total. The van der Waals surface area contributed by atoms with Gasteiger partial charge in [0.1, 0.15) is 11.6 Å². The number of pyridine rings is 1. The lowest BCUT2D eigenvalue weighted by molar-refractivity contribution is 0.410. The van der Waals surface area contributed by atoms with Crippen LogP contribution in [-0.2, 0) is 0 Å². The Morgan fingerprint density at radius 3 is 2.71 bits per heavy atom. The highest BCUT2D eigenvalue weighted by molar-refractivity contribution is 5.34. The molecule has 0 bridgehead atoms. The van der Waals surface area contributed by atoms with Crippen LogP contribution >= 0.6 is 0 Å². The summed E-state index contributed by atoms with van der Waals surface area (Å²) < 4.78 is 18.7. The minimum atomic E-state index is -0.567. The number of ether oxygens (including phenoxy) is 1. The van der Waals surface area contributed by atoms with Crippen LogP contribution in [0.1, 0.15) is 17.3 Å². The van der Waals surface area contributed by atoms with Crippen molar-refractivity contribution < 1.29 is 9.13 Å². The maximum atomic E-state index is 13.8. The Balaban J connectivity index is 2.34. The second-order valence-electron chi connectivity index (χ2n) is 3.62. The quantitative estimate of drug-likeness (QED) is 0.883. The van der Waals surface area contributed by atoms with Crippen LogP contribution < -0.4 is 10.5 Å². The van der Waals surface area contributed by atoms with E-state index >= 15 is 0 Å². The van der Waals surface area contributed by atoms with E-state index in [4.69, 9.17) is 10.5 Å². The molecular weight excluding hydrogens is 219 g/mol. The summed E-state index contributed by atoms with van der Waals surface area (Å²) in [5, 5.41) is 0. The van der Waals surface area contributed by atoms with Gasteiger partial charge in [-0.1, -0.05) is 12.1 Å². The van der Waals surface area contributed by atoms with Gasteiger partial charge >= 0.3 is 0 Å². The average Bonchev–Trinajstić information content (AvgIpc) is 2.39. The van der Waals surface area contributed by atoms with Crippen LogP contribution in [0.2, 0.25) is 0 Å². The Morgan fingerprint density at radius 1 is 1.29 bits per heavy atom. The van der Waals surface area contributed by atoms with Crippen LogP contribution in [0.5, 0.6) is 5.75 Å². The average molecular weight is 232 g/mol. The highest BCUT2D eigenvalue weighted by atomic mass is 19.1. The van der Waals surface area contributed by atoms with Crippen molar-refractivity contribution >= 4 is 0 Å². The van der Waals surface area contributed by atoms with E-state index in [0.717, 1.165) is 0 Å². The maximum absolute atomic E-state index is 13.8. The summed E-state index contributed by atoms with van der Waals surface area (Å²) in [5.41, 5.74) is 7.01. The molecule has 1 aromatic carbocycles. The fraction of sp³-hybridized carbons (Fsp3) is 0.154. The first-order valence-corrected chi connectivity index (χ1v) is 5.22. The maximum Gasteiger partial charge on any atom is 0.132 e. The molecule has 0 saturated heterocycles. The van der Waals surface area contributed by atoms with Gasteiger partial charge in [0.15, 0.2) is 0 Å². The molecule has 0 fully saturated rings. The van der Waals surface area contributed by atoms with Crippen LogP contribution in [0.3, 0.4) is 0 Å². The predicted octanol–water partition coefficient (Wildman–Crippen LogP) is 2.28. The molecule has 0 spiro atoms. The van der Waals surface area contributed by atoms with Crippen molar-refractivity contribution in [3.8, 4) is 5.75 Å². The first-order chi connectivity index (χ1) is 8.22. The van der Waals surface area contributed by atoms with Crippen molar-refractivity contribution in [1.82, 2.24) is 4.98 Å². The van der Waals surface area contributed by atoms with Crippen LogP contribution in [-0.4, -0.2) is 12.1 Å². The molecule has 2 aromatic rings. The molecule has 88 valence electrons. The summed E-state index contributed by atoms with van der Waals surface area (Å²) in [7, 11) is 1.49. The Hall–Kier alpha value is -1.94. The second kappa shape index (κ2) is 4.93. The van der Waals surface area contributed by atoms with Gasteiger partial charge in [0.2, 0.25) is 0 Å². The molecule has 0 radical (unpaired) electrons. The number of aromatic nitrogens is 1. The standard InChI is InChI=1S/C13H13FN2O/c1-17-9-5-6-10(11(14)8-9)13(15)12-4-2-3-7-16-12/h2-8,13H,15H2,1H3. The molecular formula is C13H13FN2O. The van der Waals surface area contributed by atoms with Crippen molar-refractivity contribution in [2.45, 2.75) is 6.04 Å². The van der Waals surface area contributed by atoms with Gasteiger partial charge in [-0.2, -0.15) is 0 Å². The van der Waals surface area contributed by atoms with Gasteiger partial charge < -0.3 is 10.5 Å². The van der Waals surface area contributed by atoms with E-state index in [9.17, 15) is 4.39 Å². The van der Waals surface area contributed by atoms with Gasteiger partial charge in [0.25, 0.3) is 0 Å². The van der Waals surface area contributed by atoms with E-state index in [2.05, 4.69) is 4.98 Å². The third kappa shape index (κ3) is 2.42. The van der Waals surface area contributed by atoms with E-state index in [-0.39, 0.29) is 5.82 Å². The van der Waals surface area contributed by atoms with Crippen molar-refractivity contribution in [2.75, 3.05) is 7.11 Å². The fourth-order valence-corrected chi connectivity index (χ4v) is 1.61. The number of benzene rings is 1. The van der Waals surface area contributed by atoms with Gasteiger partial charge in [-0.05, 0) is 18.2 Å². The first kappa shape index (κ1) is 11.5. The van der Waals surface area contributed by atoms with Crippen molar-refractivity contribution in [3.63, 3.8) is 0 Å². The minimum absolute atomic E-state index is 0.387. The highest BCUT2D eigenvalue weighted by Crippen LogP contribution is 2.23. The predicted molar refractivity (Wildman–Crippen MR) is 63.2 cm³/mol. The molecule has 17 heavy (non-hydrogen) atoms. The van der Waals surface area contributed by atoms with E-state index < -0.39 is 6.04 Å². The number of methoxy groups -OCH3 is 1. The Bertz CT molecular complexity index is 502. The monoisotopic (exact) mass is 232 g/mol. The zero-order valence-electron chi connectivity index (χ0n) is 9.43. The van der Waals surface area contributed by atoms with Gasteiger partial charge in [0.05, 0.1) is 18.8 Å². The van der Waals surface area contributed by atoms with Gasteiger partial charge in [-0.3, -0.25) is 4.98 Å². The minimum Gasteiger partial charge on any atom is -0.497 e. The number of halogens is 1. The van der Waals surface area contributed by atoms with Crippen molar-refractivity contribution in [1.29, 1.82) is 0 Å². The summed E-state index contributed by atoms with van der Waals surface area (Å²) in [4.78, 5) is 4.12. The third-order valence-electron chi connectivity index (χ3n) is 2.55. The summed E-state index contributed by atoms with van der Waals surface area (Å²) in [6.45, 7) is 0. The normalized spacial score (nSPS) is 12.2. The molecule has 0 aliphatic rings. The number of rotatable bonds is 3. The SMILES string of the molecule is COc1ccc(C(N)c2ccccn2)c(F)c1. The van der Waals surface area contributed by atoms with E-state index in [1.807, 2.05) is 6.07 Å². The lowest BCUT2D eigenvalue weighted by atomic mass is 10.0. The highest BCUT2D eigenvalue weighted by Gasteiger charge is 2.14. The fourth-order valence-electron chi connectivity index (χ4n) is 1.61. The van der Waals surface area contributed by atoms with Gasteiger partial charge in [-0.15, -0.1) is 0 Å². The largest absolute Gasteiger partial charge is 0.497 e. The molecule has 1 atom stereocenters. The van der Waals surface area contributed by atoms with Crippen molar-refractivity contribution in [3.05, 3.63) is 59.7 Å². The molecule has 0 amide bonds. The number of hydrogen-bond acceptors (Lipinski definition) is 3. The van der Waals surface area contributed by atoms with E-state index in [1.54, 1.807) is 30.5 Å². The third-order valence-corrected chi connectivity index (χ3v) is 2.55. The number of nitrogens with zero attached hydrogens (tertiary/aromatic N) is 1. The van der Waals surface area contributed by atoms with Crippen LogP contribution in [0, 0.1) is 5.82 Å². The van der Waals surface area contributed by atoms with Gasteiger partial charge in [-0.25, -0.2) is 4.39 Å². The second-order valence-corrected chi connectivity index (χ2v) is 3.62. The summed E-state index contributed by atoms with van der Waals surface area (Å²) >= 11 is 0. The zero-order valence-corrected chi connectivity index (χ0v) is 9.43. The summed E-state index contributed by atoms with van der Waals surface area (Å²) in [6.07, 6.45) is 1.64. The zero-order chi connectivity index (χ0) is 12.3. The van der Waals surface area contributed by atoms with Crippen molar-refractivity contribution in [2.24, 2.45) is 5.73 Å². The molecule has 4 heteroatoms. The topological polar surface area (TPSA) is 48.1 Å². The molecule has 1 unspecified atom stereocenters. The van der Waals surface area contributed by atoms with Crippen LogP contribution in [0.4, 0.5) is 4.39 Å². The smallest absolute Gasteiger partial charge is 0.132 e. The Morgan fingerprint density at radius 2 is 2.12 bits per heavy atom. The van der Waals surface area contributed by atoms with Crippen LogP contribution in [0.25, 0.3) is 0 Å². The molecule has 0 saturated carbocycles. The Kier molecular flexibility index (Phi) is 3.35. The molecule has 0 aliphatic carbocycles. The number of hydrogen-bond donors (Lipinski definition) is 1. The molecule has 0 aliphatic heterocycles. The summed E-state index contributed by atoms with van der Waals surface area (Å²) in [6, 6.07) is 9.44. The summed E-state index contributed by atoms with van der Waals surface area (Å²) in [5.74, 6) is 0.0852. The lowest BCUT2D eigenvalue weighted by Gasteiger charge is -2.13. The first-order valence-electron chi connectivity index (χ1n) is 5.22. The molecule has 3 nitrogen and oxygen atoms in total.